The molecular formula is C28H30N4. The number of nitrogens with zero attached hydrogens (tertiary/aromatic N) is 4. The maximum absolute atomic E-state index is 4.39. The summed E-state index contributed by atoms with van der Waals surface area (Å²) in [6, 6.07) is 20.7. The summed E-state index contributed by atoms with van der Waals surface area (Å²) in [5.41, 5.74) is 4.79. The minimum Gasteiger partial charge on any atom is -0.197 e. The lowest BCUT2D eigenvalue weighted by molar-refractivity contribution is 0.249. The molecule has 0 bridgehead atoms. The van der Waals surface area contributed by atoms with Gasteiger partial charge in [-0.25, -0.2) is 0 Å². The van der Waals surface area contributed by atoms with E-state index in [1.54, 1.807) is 0 Å². The quantitative estimate of drug-likeness (QED) is 0.465. The number of rotatable bonds is 4. The minimum atomic E-state index is 0.155. The van der Waals surface area contributed by atoms with Crippen LogP contribution in [0.2, 0.25) is 0 Å². The Morgan fingerprint density at radius 1 is 0.812 bits per heavy atom. The first-order valence-corrected chi connectivity index (χ1v) is 11.1. The summed E-state index contributed by atoms with van der Waals surface area (Å²) in [6.45, 7) is 6.94. The predicted octanol–water partition coefficient (Wildman–Crippen LogP) is 6.78. The Hall–Kier alpha value is -3.53. The molecule has 1 atom stereocenters. The van der Waals surface area contributed by atoms with Gasteiger partial charge in [-0.05, 0) is 57.4 Å². The molecule has 4 nitrogen and oxygen atoms in total. The smallest absolute Gasteiger partial charge is 0.182 e. The molecule has 1 aliphatic heterocycles. The van der Waals surface area contributed by atoms with E-state index in [2.05, 4.69) is 109 Å². The summed E-state index contributed by atoms with van der Waals surface area (Å²) in [5, 5.41) is 12.7. The maximum Gasteiger partial charge on any atom is 0.182 e. The van der Waals surface area contributed by atoms with Crippen molar-refractivity contribution in [3.05, 3.63) is 102 Å². The zero-order valence-electron chi connectivity index (χ0n) is 19.0. The Morgan fingerprint density at radius 3 is 2.00 bits per heavy atom. The normalized spacial score (nSPS) is 19.7. The van der Waals surface area contributed by atoms with Crippen LogP contribution in [0.5, 0.6) is 0 Å². The van der Waals surface area contributed by atoms with E-state index in [4.69, 9.17) is 0 Å². The van der Waals surface area contributed by atoms with Crippen LogP contribution in [0.25, 0.3) is 23.4 Å². The van der Waals surface area contributed by atoms with Crippen molar-refractivity contribution >= 4 is 23.4 Å². The molecule has 0 saturated heterocycles. The number of hydrogen-bond donors (Lipinski definition) is 0. The summed E-state index contributed by atoms with van der Waals surface area (Å²) < 4.78 is 1.91. The fraction of sp³-hybridized carbons (Fsp3) is 0.250. The molecule has 2 heterocycles. The molecule has 162 valence electrons. The third kappa shape index (κ3) is 5.38. The zero-order chi connectivity index (χ0) is 22.4. The SMILES string of the molecule is CC(C)(C)C1C/C(=C\C=C\c2ccccc2)c2nnnn2/C(=C/C=C/c2ccccc2)C1. The Morgan fingerprint density at radius 2 is 1.41 bits per heavy atom. The van der Waals surface area contributed by atoms with Gasteiger partial charge in [-0.3, -0.25) is 0 Å². The maximum atomic E-state index is 4.39. The topological polar surface area (TPSA) is 43.6 Å². The highest BCUT2D eigenvalue weighted by molar-refractivity contribution is 5.69. The number of fused-ring (bicyclic) bond motifs is 1. The van der Waals surface area contributed by atoms with E-state index in [-0.39, 0.29) is 5.41 Å². The van der Waals surface area contributed by atoms with Crippen LogP contribution in [0.15, 0.2) is 85.0 Å². The van der Waals surface area contributed by atoms with Gasteiger partial charge in [-0.1, -0.05) is 112 Å². The lowest BCUT2D eigenvalue weighted by atomic mass is 9.75. The van der Waals surface area contributed by atoms with E-state index >= 15 is 0 Å². The van der Waals surface area contributed by atoms with Crippen molar-refractivity contribution < 1.29 is 0 Å². The van der Waals surface area contributed by atoms with Crippen molar-refractivity contribution in [2.45, 2.75) is 33.6 Å². The highest BCUT2D eigenvalue weighted by Gasteiger charge is 2.32. The van der Waals surface area contributed by atoms with E-state index in [9.17, 15) is 0 Å². The molecule has 3 aromatic rings. The van der Waals surface area contributed by atoms with Gasteiger partial charge < -0.3 is 0 Å². The molecule has 0 N–H and O–H groups in total. The van der Waals surface area contributed by atoms with Gasteiger partial charge >= 0.3 is 0 Å². The molecule has 0 amide bonds. The summed E-state index contributed by atoms with van der Waals surface area (Å²) in [7, 11) is 0. The fourth-order valence-electron chi connectivity index (χ4n) is 3.92. The summed E-state index contributed by atoms with van der Waals surface area (Å²) in [5.74, 6) is 1.28. The van der Waals surface area contributed by atoms with E-state index in [1.165, 1.54) is 11.1 Å². The first-order chi connectivity index (χ1) is 15.5. The van der Waals surface area contributed by atoms with Crippen LogP contribution in [0, 0.1) is 11.3 Å². The third-order valence-corrected chi connectivity index (χ3v) is 5.94. The van der Waals surface area contributed by atoms with Crippen LogP contribution >= 0.6 is 0 Å². The largest absolute Gasteiger partial charge is 0.197 e. The lowest BCUT2D eigenvalue weighted by Gasteiger charge is -2.30. The molecule has 4 heteroatoms. The Bertz CT molecular complexity index is 1060. The molecule has 4 rings (SSSR count). The van der Waals surface area contributed by atoms with Crippen molar-refractivity contribution in [1.29, 1.82) is 0 Å². The monoisotopic (exact) mass is 422 g/mol. The average molecular weight is 423 g/mol. The molecule has 0 spiro atoms. The van der Waals surface area contributed by atoms with Crippen molar-refractivity contribution in [1.82, 2.24) is 20.2 Å². The molecule has 0 saturated carbocycles. The highest BCUT2D eigenvalue weighted by Crippen LogP contribution is 2.41. The van der Waals surface area contributed by atoms with E-state index < -0.39 is 0 Å². The molecule has 1 unspecified atom stereocenters. The number of hydrogen-bond acceptors (Lipinski definition) is 3. The Balaban J connectivity index is 1.68. The van der Waals surface area contributed by atoms with Crippen LogP contribution in [-0.4, -0.2) is 20.2 Å². The predicted molar refractivity (Wildman–Crippen MR) is 133 cm³/mol. The first kappa shape index (κ1) is 21.7. The number of benzene rings is 2. The van der Waals surface area contributed by atoms with Gasteiger partial charge in [0, 0.05) is 5.70 Å². The van der Waals surface area contributed by atoms with E-state index in [0.29, 0.717) is 5.92 Å². The second-order valence-electron chi connectivity index (χ2n) is 9.28. The van der Waals surface area contributed by atoms with Crippen molar-refractivity contribution in [3.63, 3.8) is 0 Å². The van der Waals surface area contributed by atoms with Crippen LogP contribution in [0.1, 0.15) is 50.6 Å². The van der Waals surface area contributed by atoms with Gasteiger partial charge in [-0.2, -0.15) is 4.68 Å². The van der Waals surface area contributed by atoms with Gasteiger partial charge in [0.25, 0.3) is 0 Å². The third-order valence-electron chi connectivity index (χ3n) is 5.94. The first-order valence-electron chi connectivity index (χ1n) is 11.1. The summed E-state index contributed by atoms with van der Waals surface area (Å²) in [4.78, 5) is 0. The van der Waals surface area contributed by atoms with Crippen LogP contribution in [0.3, 0.4) is 0 Å². The van der Waals surface area contributed by atoms with Crippen molar-refractivity contribution in [2.75, 3.05) is 0 Å². The number of aromatic nitrogens is 4. The van der Waals surface area contributed by atoms with Gasteiger partial charge in [-0.15, -0.1) is 5.10 Å². The van der Waals surface area contributed by atoms with Gasteiger partial charge in [0.05, 0.1) is 0 Å². The molecule has 0 fully saturated rings. The Kier molecular flexibility index (Phi) is 6.60. The molecule has 1 aromatic heterocycles. The second-order valence-corrected chi connectivity index (χ2v) is 9.28. The molecule has 1 aliphatic rings. The van der Waals surface area contributed by atoms with Crippen molar-refractivity contribution in [2.24, 2.45) is 11.3 Å². The molecule has 0 radical (unpaired) electrons. The van der Waals surface area contributed by atoms with Crippen molar-refractivity contribution in [3.8, 4) is 0 Å². The zero-order valence-corrected chi connectivity index (χ0v) is 19.0. The average Bonchev–Trinajstić information content (AvgIpc) is 3.22. The molecule has 0 aliphatic carbocycles. The second kappa shape index (κ2) is 9.73. The Labute approximate surface area is 190 Å². The van der Waals surface area contributed by atoms with Crippen LogP contribution < -0.4 is 0 Å². The highest BCUT2D eigenvalue weighted by atomic mass is 15.5. The van der Waals surface area contributed by atoms with Gasteiger partial charge in [0.1, 0.15) is 0 Å². The van der Waals surface area contributed by atoms with Gasteiger partial charge in [0.15, 0.2) is 5.82 Å². The lowest BCUT2D eigenvalue weighted by Crippen LogP contribution is -2.20. The van der Waals surface area contributed by atoms with Crippen LogP contribution in [-0.2, 0) is 0 Å². The molecule has 2 aromatic carbocycles. The molecule has 32 heavy (non-hydrogen) atoms. The van der Waals surface area contributed by atoms with E-state index in [1.807, 2.05) is 28.9 Å². The van der Waals surface area contributed by atoms with Crippen LogP contribution in [0.4, 0.5) is 0 Å². The standard InChI is InChI=1S/C28H30N4/c1-28(2,3)25-20-24(18-10-16-22-12-6-4-7-13-22)27-29-30-31-32(27)26(21-25)19-11-17-23-14-8-5-9-15-23/h4-19,25H,20-21H2,1-3H3/b16-10+,17-11+,24-18+,26-19+. The summed E-state index contributed by atoms with van der Waals surface area (Å²) in [6.07, 6.45) is 14.6. The summed E-state index contributed by atoms with van der Waals surface area (Å²) >= 11 is 0. The fourth-order valence-corrected chi connectivity index (χ4v) is 3.92. The minimum absolute atomic E-state index is 0.155. The van der Waals surface area contributed by atoms with E-state index in [0.717, 1.165) is 29.9 Å². The number of allylic oxidation sites excluding steroid dienone is 6. The van der Waals surface area contributed by atoms with Gasteiger partial charge in [0.2, 0.25) is 0 Å². The molecular weight excluding hydrogens is 392 g/mol. The number of tetrazole rings is 1.